The average Bonchev–Trinajstić information content (AvgIpc) is 2.73. The standard InChI is InChI=1S/C26H55P.CH4O3S/c1-5-9-13-14-15-16-17-18-19-20-22-25(21-10-6-2)26(27,23-11-7-3)24-12-8-4;1-5(2,3)4/h25H,5-24,27H2,1-4H3;1H3,(H,2,3,4). The Balaban J connectivity index is 0. The van der Waals surface area contributed by atoms with Crippen molar-refractivity contribution in [2.75, 3.05) is 6.26 Å². The number of rotatable bonds is 21. The van der Waals surface area contributed by atoms with Crippen LogP contribution in [-0.2, 0) is 10.1 Å². The second-order valence-corrected chi connectivity index (χ2v) is 12.6. The summed E-state index contributed by atoms with van der Waals surface area (Å²) in [4.78, 5) is 0. The Morgan fingerprint density at radius 1 is 0.625 bits per heavy atom. The lowest BCUT2D eigenvalue weighted by Gasteiger charge is -2.39. The van der Waals surface area contributed by atoms with Crippen LogP contribution >= 0.6 is 9.24 Å². The van der Waals surface area contributed by atoms with Crippen molar-refractivity contribution in [3.05, 3.63) is 0 Å². The monoisotopic (exact) mass is 494 g/mol. The normalized spacial score (nSPS) is 13.0. The van der Waals surface area contributed by atoms with Crippen molar-refractivity contribution in [3.8, 4) is 0 Å². The van der Waals surface area contributed by atoms with Crippen LogP contribution in [0.4, 0.5) is 0 Å². The molecule has 0 bridgehead atoms. The van der Waals surface area contributed by atoms with Crippen LogP contribution in [0.2, 0.25) is 0 Å². The summed E-state index contributed by atoms with van der Waals surface area (Å²) in [5, 5.41) is 0.528. The van der Waals surface area contributed by atoms with Gasteiger partial charge in [-0.3, -0.25) is 4.55 Å². The van der Waals surface area contributed by atoms with Gasteiger partial charge < -0.3 is 0 Å². The van der Waals surface area contributed by atoms with Gasteiger partial charge in [-0.1, -0.05) is 130 Å². The maximum absolute atomic E-state index is 9.19. The summed E-state index contributed by atoms with van der Waals surface area (Å²) < 4.78 is 25.9. The van der Waals surface area contributed by atoms with Gasteiger partial charge in [0.2, 0.25) is 0 Å². The van der Waals surface area contributed by atoms with Crippen LogP contribution in [0.1, 0.15) is 156 Å². The molecule has 0 aliphatic carbocycles. The summed E-state index contributed by atoms with van der Waals surface area (Å²) in [6, 6.07) is 0. The van der Waals surface area contributed by atoms with Gasteiger partial charge in [0.1, 0.15) is 0 Å². The Morgan fingerprint density at radius 3 is 1.31 bits per heavy atom. The van der Waals surface area contributed by atoms with Crippen molar-refractivity contribution in [1.29, 1.82) is 0 Å². The Labute approximate surface area is 205 Å². The molecule has 0 aromatic rings. The Kier molecular flexibility index (Phi) is 24.9. The first-order valence-electron chi connectivity index (χ1n) is 13.9. The predicted molar refractivity (Wildman–Crippen MR) is 148 cm³/mol. The van der Waals surface area contributed by atoms with Crippen molar-refractivity contribution in [2.24, 2.45) is 5.92 Å². The molecule has 0 spiro atoms. The van der Waals surface area contributed by atoms with Crippen molar-refractivity contribution in [1.82, 2.24) is 0 Å². The predicted octanol–water partition coefficient (Wildman–Crippen LogP) is 9.60. The number of hydrogen-bond donors (Lipinski definition) is 1. The fourth-order valence-electron chi connectivity index (χ4n) is 4.59. The number of unbranched alkanes of at least 4 members (excludes halogenated alkanes) is 12. The van der Waals surface area contributed by atoms with Gasteiger partial charge in [-0.25, -0.2) is 0 Å². The quantitative estimate of drug-likeness (QED) is 0.0981. The molecule has 196 valence electrons. The molecule has 5 heteroatoms. The van der Waals surface area contributed by atoms with E-state index in [1.165, 1.54) is 128 Å². The summed E-state index contributed by atoms with van der Waals surface area (Å²) in [5.74, 6) is 0.939. The van der Waals surface area contributed by atoms with E-state index < -0.39 is 10.1 Å². The number of hydrogen-bond acceptors (Lipinski definition) is 2. The third-order valence-electron chi connectivity index (χ3n) is 6.62. The van der Waals surface area contributed by atoms with Crippen molar-refractivity contribution in [3.63, 3.8) is 0 Å². The topological polar surface area (TPSA) is 54.4 Å². The first-order chi connectivity index (χ1) is 15.1. The van der Waals surface area contributed by atoms with Gasteiger partial charge in [0, 0.05) is 0 Å². The molecule has 0 amide bonds. The maximum atomic E-state index is 9.19. The van der Waals surface area contributed by atoms with Crippen LogP contribution in [0.5, 0.6) is 0 Å². The Morgan fingerprint density at radius 2 is 0.938 bits per heavy atom. The second-order valence-electron chi connectivity index (χ2n) is 9.98. The highest BCUT2D eigenvalue weighted by atomic mass is 32.2. The maximum Gasteiger partial charge on any atom is 0.261 e. The molecule has 3 nitrogen and oxygen atoms in total. The van der Waals surface area contributed by atoms with Crippen molar-refractivity contribution >= 4 is 19.4 Å². The van der Waals surface area contributed by atoms with E-state index in [0.29, 0.717) is 11.4 Å². The molecule has 0 heterocycles. The fraction of sp³-hybridized carbons (Fsp3) is 1.00. The Bertz CT molecular complexity index is 463. The molecular weight excluding hydrogens is 435 g/mol. The highest BCUT2D eigenvalue weighted by Crippen LogP contribution is 2.43. The highest BCUT2D eigenvalue weighted by molar-refractivity contribution is 7.85. The smallest absolute Gasteiger partial charge is 0.261 e. The van der Waals surface area contributed by atoms with Gasteiger partial charge in [0.05, 0.1) is 6.26 Å². The van der Waals surface area contributed by atoms with Crippen LogP contribution in [0, 0.1) is 5.92 Å². The lowest BCUT2D eigenvalue weighted by molar-refractivity contribution is 0.274. The minimum Gasteiger partial charge on any atom is -0.286 e. The lowest BCUT2D eigenvalue weighted by Crippen LogP contribution is -2.32. The largest absolute Gasteiger partial charge is 0.286 e. The molecule has 2 unspecified atom stereocenters. The van der Waals surface area contributed by atoms with Crippen molar-refractivity contribution < 1.29 is 13.0 Å². The SMILES string of the molecule is CCCCCCCCCCCCC(CCCC)C(P)(CCCC)CCCC.CS(=O)(=O)O. The first-order valence-corrected chi connectivity index (χ1v) is 16.3. The lowest BCUT2D eigenvalue weighted by atomic mass is 9.77. The van der Waals surface area contributed by atoms with Crippen molar-refractivity contribution in [2.45, 2.75) is 161 Å². The first kappa shape index (κ1) is 34.5. The molecule has 0 aliphatic heterocycles. The zero-order valence-corrected chi connectivity index (χ0v) is 24.4. The Hall–Kier alpha value is 0.340. The van der Waals surface area contributed by atoms with Gasteiger partial charge in [-0.2, -0.15) is 8.42 Å². The minimum atomic E-state index is -3.67. The van der Waals surface area contributed by atoms with E-state index in [1.54, 1.807) is 0 Å². The van der Waals surface area contributed by atoms with Crippen LogP contribution in [0.3, 0.4) is 0 Å². The van der Waals surface area contributed by atoms with Crippen LogP contribution in [0.25, 0.3) is 0 Å². The summed E-state index contributed by atoms with van der Waals surface area (Å²) in [7, 11) is -0.281. The zero-order chi connectivity index (χ0) is 24.7. The molecular formula is C27H59O3PS. The van der Waals surface area contributed by atoms with E-state index in [1.807, 2.05) is 0 Å². The van der Waals surface area contributed by atoms with Gasteiger partial charge >= 0.3 is 0 Å². The van der Waals surface area contributed by atoms with E-state index in [0.717, 1.165) is 5.92 Å². The molecule has 0 saturated carbocycles. The zero-order valence-electron chi connectivity index (χ0n) is 22.5. The van der Waals surface area contributed by atoms with Gasteiger partial charge in [0.25, 0.3) is 10.1 Å². The van der Waals surface area contributed by atoms with Crippen LogP contribution in [-0.4, -0.2) is 24.4 Å². The van der Waals surface area contributed by atoms with Gasteiger partial charge in [-0.05, 0) is 36.8 Å². The van der Waals surface area contributed by atoms with Gasteiger partial charge in [0.15, 0.2) is 0 Å². The van der Waals surface area contributed by atoms with E-state index >= 15 is 0 Å². The average molecular weight is 495 g/mol. The molecule has 0 aliphatic rings. The highest BCUT2D eigenvalue weighted by Gasteiger charge is 2.32. The summed E-state index contributed by atoms with van der Waals surface area (Å²) >= 11 is 0. The summed E-state index contributed by atoms with van der Waals surface area (Å²) in [6.07, 6.45) is 29.4. The molecule has 0 fully saturated rings. The third kappa shape index (κ3) is 25.0. The second kappa shape index (κ2) is 23.1. The van der Waals surface area contributed by atoms with E-state index in [-0.39, 0.29) is 0 Å². The summed E-state index contributed by atoms with van der Waals surface area (Å²) in [5.41, 5.74) is 0. The molecule has 0 saturated heterocycles. The van der Waals surface area contributed by atoms with E-state index in [4.69, 9.17) is 4.55 Å². The minimum absolute atomic E-state index is 0.528. The fourth-order valence-corrected chi connectivity index (χ4v) is 5.33. The van der Waals surface area contributed by atoms with Crippen LogP contribution < -0.4 is 0 Å². The molecule has 0 rings (SSSR count). The molecule has 2 atom stereocenters. The van der Waals surface area contributed by atoms with E-state index in [9.17, 15) is 8.42 Å². The molecule has 0 aromatic heterocycles. The molecule has 0 radical (unpaired) electrons. The third-order valence-corrected chi connectivity index (χ3v) is 7.67. The molecule has 1 N–H and O–H groups in total. The molecule has 0 aromatic carbocycles. The molecule has 32 heavy (non-hydrogen) atoms. The van der Waals surface area contributed by atoms with Crippen LogP contribution in [0.15, 0.2) is 0 Å². The van der Waals surface area contributed by atoms with E-state index in [2.05, 4.69) is 36.9 Å². The van der Waals surface area contributed by atoms with Gasteiger partial charge in [-0.15, -0.1) is 9.24 Å². The summed E-state index contributed by atoms with van der Waals surface area (Å²) in [6.45, 7) is 9.38.